The lowest BCUT2D eigenvalue weighted by molar-refractivity contribution is 0.749. The number of hydrogen-bond acceptors (Lipinski definition) is 4. The van der Waals surface area contributed by atoms with Crippen molar-refractivity contribution < 1.29 is 0 Å². The Kier molecular flexibility index (Phi) is 4.39. The van der Waals surface area contributed by atoms with Crippen molar-refractivity contribution in [1.29, 1.82) is 0 Å². The van der Waals surface area contributed by atoms with Crippen LogP contribution >= 0.6 is 15.9 Å². The summed E-state index contributed by atoms with van der Waals surface area (Å²) in [6.45, 7) is 1.99. The van der Waals surface area contributed by atoms with Crippen LogP contribution in [-0.4, -0.2) is 16.0 Å². The molecule has 21 heavy (non-hydrogen) atoms. The van der Waals surface area contributed by atoms with Gasteiger partial charge in [0.15, 0.2) is 0 Å². The third-order valence-corrected chi connectivity index (χ3v) is 4.19. The van der Waals surface area contributed by atoms with E-state index >= 15 is 0 Å². The fourth-order valence-corrected chi connectivity index (χ4v) is 2.90. The number of aromatic nitrogens is 2. The third-order valence-electron chi connectivity index (χ3n) is 3.66. The highest BCUT2D eigenvalue weighted by Gasteiger charge is 2.15. The lowest BCUT2D eigenvalue weighted by Gasteiger charge is -2.14. The van der Waals surface area contributed by atoms with Gasteiger partial charge in [-0.15, -0.1) is 0 Å². The predicted octanol–water partition coefficient (Wildman–Crippen LogP) is 4.65. The smallest absolute Gasteiger partial charge is 0.229 e. The molecule has 1 aromatic heterocycles. The van der Waals surface area contributed by atoms with E-state index in [0.29, 0.717) is 12.0 Å². The van der Waals surface area contributed by atoms with Gasteiger partial charge in [-0.3, -0.25) is 0 Å². The Morgan fingerprint density at radius 3 is 2.52 bits per heavy atom. The Balaban J connectivity index is 1.75. The molecule has 2 aromatic rings. The zero-order valence-corrected chi connectivity index (χ0v) is 13.7. The van der Waals surface area contributed by atoms with Gasteiger partial charge in [0.05, 0.1) is 0 Å². The summed E-state index contributed by atoms with van der Waals surface area (Å²) in [5.74, 6) is 1.55. The molecule has 0 bridgehead atoms. The van der Waals surface area contributed by atoms with Crippen LogP contribution in [0.1, 0.15) is 31.4 Å². The molecule has 0 aliphatic heterocycles. The van der Waals surface area contributed by atoms with E-state index in [9.17, 15) is 0 Å². The Labute approximate surface area is 133 Å². The Morgan fingerprint density at radius 2 is 1.81 bits per heavy atom. The second-order valence-corrected chi connectivity index (χ2v) is 6.39. The summed E-state index contributed by atoms with van der Waals surface area (Å²) in [5.41, 5.74) is 1.95. The molecule has 0 amide bonds. The number of nitrogens with zero attached hydrogens (tertiary/aromatic N) is 2. The Hall–Kier alpha value is -1.62. The molecule has 1 aliphatic carbocycles. The topological polar surface area (TPSA) is 49.8 Å². The summed E-state index contributed by atoms with van der Waals surface area (Å²) >= 11 is 3.43. The molecule has 1 heterocycles. The van der Waals surface area contributed by atoms with E-state index in [-0.39, 0.29) is 0 Å². The lowest BCUT2D eigenvalue weighted by atomic mass is 10.2. The highest BCUT2D eigenvalue weighted by atomic mass is 79.9. The largest absolute Gasteiger partial charge is 0.367 e. The molecule has 0 radical (unpaired) electrons. The van der Waals surface area contributed by atoms with E-state index in [2.05, 4.69) is 36.5 Å². The molecule has 1 fully saturated rings. The number of benzene rings is 1. The van der Waals surface area contributed by atoms with Gasteiger partial charge in [0.2, 0.25) is 5.95 Å². The summed E-state index contributed by atoms with van der Waals surface area (Å²) in [4.78, 5) is 9.02. The van der Waals surface area contributed by atoms with Gasteiger partial charge in [-0.1, -0.05) is 28.8 Å². The molecule has 1 aromatic carbocycles. The second-order valence-electron chi connectivity index (χ2n) is 5.48. The molecule has 110 valence electrons. The van der Waals surface area contributed by atoms with Crippen LogP contribution in [0.15, 0.2) is 34.8 Å². The van der Waals surface area contributed by atoms with Gasteiger partial charge in [0.1, 0.15) is 5.82 Å². The highest BCUT2D eigenvalue weighted by molar-refractivity contribution is 9.10. The highest BCUT2D eigenvalue weighted by Crippen LogP contribution is 2.23. The van der Waals surface area contributed by atoms with Crippen molar-refractivity contribution in [3.8, 4) is 0 Å². The molecule has 0 saturated heterocycles. The number of aryl methyl sites for hydroxylation is 1. The van der Waals surface area contributed by atoms with Crippen LogP contribution in [0.2, 0.25) is 0 Å². The summed E-state index contributed by atoms with van der Waals surface area (Å²) in [5, 5.41) is 6.77. The zero-order valence-electron chi connectivity index (χ0n) is 12.1. The van der Waals surface area contributed by atoms with Gasteiger partial charge >= 0.3 is 0 Å². The number of hydrogen-bond donors (Lipinski definition) is 2. The molecule has 0 spiro atoms. The second kappa shape index (κ2) is 6.43. The van der Waals surface area contributed by atoms with Crippen LogP contribution in [0.4, 0.5) is 17.5 Å². The minimum atomic E-state index is 0.555. The lowest BCUT2D eigenvalue weighted by Crippen LogP contribution is -2.16. The predicted molar refractivity (Wildman–Crippen MR) is 90.1 cm³/mol. The normalized spacial score (nSPS) is 15.1. The van der Waals surface area contributed by atoms with Gasteiger partial charge in [0, 0.05) is 28.0 Å². The number of halogens is 1. The van der Waals surface area contributed by atoms with E-state index in [0.717, 1.165) is 21.7 Å². The number of nitrogens with one attached hydrogen (secondary N) is 2. The average Bonchev–Trinajstić information content (AvgIpc) is 2.93. The first-order chi connectivity index (χ1) is 10.2. The molecule has 0 unspecified atom stereocenters. The fraction of sp³-hybridized carbons (Fsp3) is 0.375. The molecule has 3 rings (SSSR count). The molecule has 1 saturated carbocycles. The van der Waals surface area contributed by atoms with Crippen molar-refractivity contribution in [3.63, 3.8) is 0 Å². The number of anilines is 3. The zero-order chi connectivity index (χ0) is 14.7. The third kappa shape index (κ3) is 3.94. The standard InChI is InChI=1S/C16H19BrN4/c1-11-10-15(19-13-4-2-3-5-13)21-16(18-11)20-14-8-6-12(17)7-9-14/h6-10,13H,2-5H2,1H3,(H2,18,19,20,21). The maximum Gasteiger partial charge on any atom is 0.229 e. The first kappa shape index (κ1) is 14.3. The van der Waals surface area contributed by atoms with Crippen LogP contribution < -0.4 is 10.6 Å². The molecule has 1 aliphatic rings. The van der Waals surface area contributed by atoms with Gasteiger partial charge in [-0.05, 0) is 44.0 Å². The quantitative estimate of drug-likeness (QED) is 0.846. The van der Waals surface area contributed by atoms with Gasteiger partial charge in [-0.25, -0.2) is 4.98 Å². The monoisotopic (exact) mass is 346 g/mol. The molecular weight excluding hydrogens is 328 g/mol. The van der Waals surface area contributed by atoms with E-state index in [1.54, 1.807) is 0 Å². The first-order valence-corrected chi connectivity index (χ1v) is 8.13. The van der Waals surface area contributed by atoms with Gasteiger partial charge in [-0.2, -0.15) is 4.98 Å². The van der Waals surface area contributed by atoms with Gasteiger partial charge in [0.25, 0.3) is 0 Å². The van der Waals surface area contributed by atoms with Crippen molar-refractivity contribution in [2.24, 2.45) is 0 Å². The first-order valence-electron chi connectivity index (χ1n) is 7.34. The molecule has 2 N–H and O–H groups in total. The molecule has 0 atom stereocenters. The van der Waals surface area contributed by atoms with Crippen LogP contribution in [0.5, 0.6) is 0 Å². The van der Waals surface area contributed by atoms with E-state index in [1.807, 2.05) is 37.3 Å². The van der Waals surface area contributed by atoms with Crippen molar-refractivity contribution in [2.75, 3.05) is 10.6 Å². The van der Waals surface area contributed by atoms with Crippen molar-refractivity contribution in [1.82, 2.24) is 9.97 Å². The van der Waals surface area contributed by atoms with Crippen LogP contribution in [0.3, 0.4) is 0 Å². The van der Waals surface area contributed by atoms with Crippen LogP contribution in [0.25, 0.3) is 0 Å². The summed E-state index contributed by atoms with van der Waals surface area (Å²) in [7, 11) is 0. The average molecular weight is 347 g/mol. The van der Waals surface area contributed by atoms with Crippen LogP contribution in [0, 0.1) is 6.92 Å². The summed E-state index contributed by atoms with van der Waals surface area (Å²) in [6.07, 6.45) is 5.09. The van der Waals surface area contributed by atoms with Gasteiger partial charge < -0.3 is 10.6 Å². The summed E-state index contributed by atoms with van der Waals surface area (Å²) < 4.78 is 1.06. The molecule has 4 nitrogen and oxygen atoms in total. The number of rotatable bonds is 4. The van der Waals surface area contributed by atoms with Crippen molar-refractivity contribution in [3.05, 3.63) is 40.5 Å². The summed E-state index contributed by atoms with van der Waals surface area (Å²) in [6, 6.07) is 10.6. The minimum Gasteiger partial charge on any atom is -0.367 e. The molecular formula is C16H19BrN4. The van der Waals surface area contributed by atoms with Crippen molar-refractivity contribution in [2.45, 2.75) is 38.6 Å². The maximum atomic E-state index is 4.57. The SMILES string of the molecule is Cc1cc(NC2CCCC2)nc(Nc2ccc(Br)cc2)n1. The van der Waals surface area contributed by atoms with E-state index in [4.69, 9.17) is 0 Å². The molecule has 5 heteroatoms. The van der Waals surface area contributed by atoms with Crippen LogP contribution in [-0.2, 0) is 0 Å². The fourth-order valence-electron chi connectivity index (χ4n) is 2.64. The van der Waals surface area contributed by atoms with E-state index in [1.165, 1.54) is 25.7 Å². The minimum absolute atomic E-state index is 0.555. The Morgan fingerprint density at radius 1 is 1.10 bits per heavy atom. The maximum absolute atomic E-state index is 4.57. The Bertz CT molecular complexity index is 606. The van der Waals surface area contributed by atoms with Crippen molar-refractivity contribution >= 4 is 33.4 Å². The van der Waals surface area contributed by atoms with E-state index < -0.39 is 0 Å².